The number of nitrogens with one attached hydrogen (secondary N) is 1. The maximum absolute atomic E-state index is 10.6. The van der Waals surface area contributed by atoms with Crippen molar-refractivity contribution >= 4 is 5.69 Å². The van der Waals surface area contributed by atoms with E-state index in [1.54, 1.807) is 6.07 Å². The molecule has 0 radical (unpaired) electrons. The number of nitrogens with zero attached hydrogens (tertiary/aromatic N) is 1. The van der Waals surface area contributed by atoms with Crippen LogP contribution in [0.2, 0.25) is 0 Å². The molecular formula is C13H20N2O4. The fourth-order valence-electron chi connectivity index (χ4n) is 1.53. The van der Waals surface area contributed by atoms with Gasteiger partial charge in [0.2, 0.25) is 0 Å². The Morgan fingerprint density at radius 1 is 1.37 bits per heavy atom. The van der Waals surface area contributed by atoms with E-state index in [9.17, 15) is 10.1 Å². The highest BCUT2D eigenvalue weighted by molar-refractivity contribution is 5.48. The van der Waals surface area contributed by atoms with Gasteiger partial charge in [-0.1, -0.05) is 13.8 Å². The van der Waals surface area contributed by atoms with Gasteiger partial charge in [-0.3, -0.25) is 10.1 Å². The molecule has 1 rings (SSSR count). The van der Waals surface area contributed by atoms with Gasteiger partial charge in [-0.25, -0.2) is 0 Å². The second-order valence-corrected chi connectivity index (χ2v) is 4.40. The van der Waals surface area contributed by atoms with E-state index in [0.717, 1.165) is 13.0 Å². The Morgan fingerprint density at radius 2 is 2.11 bits per heavy atom. The summed E-state index contributed by atoms with van der Waals surface area (Å²) in [5.74, 6) is 0.906. The highest BCUT2D eigenvalue weighted by Gasteiger charge is 2.12. The Balaban J connectivity index is 2.51. The largest absolute Gasteiger partial charge is 0.493 e. The molecule has 106 valence electrons. The zero-order chi connectivity index (χ0) is 14.3. The number of nitro benzene ring substituents is 1. The fourth-order valence-corrected chi connectivity index (χ4v) is 1.53. The molecular weight excluding hydrogens is 248 g/mol. The predicted molar refractivity (Wildman–Crippen MR) is 72.9 cm³/mol. The van der Waals surface area contributed by atoms with Gasteiger partial charge in [0, 0.05) is 12.1 Å². The molecule has 0 saturated carbocycles. The van der Waals surface area contributed by atoms with Crippen LogP contribution in [-0.2, 0) is 0 Å². The van der Waals surface area contributed by atoms with Gasteiger partial charge in [0.15, 0.2) is 11.5 Å². The van der Waals surface area contributed by atoms with Crippen molar-refractivity contribution in [2.75, 3.05) is 20.3 Å². The molecule has 19 heavy (non-hydrogen) atoms. The first-order valence-electron chi connectivity index (χ1n) is 6.23. The fraction of sp³-hybridized carbons (Fsp3) is 0.538. The highest BCUT2D eigenvalue weighted by Crippen LogP contribution is 2.31. The maximum Gasteiger partial charge on any atom is 0.273 e. The molecule has 0 aliphatic carbocycles. The van der Waals surface area contributed by atoms with E-state index in [4.69, 9.17) is 9.47 Å². The normalized spacial score (nSPS) is 10.5. The van der Waals surface area contributed by atoms with Crippen molar-refractivity contribution in [3.8, 4) is 11.5 Å². The molecule has 0 aliphatic heterocycles. The molecule has 0 unspecified atom stereocenters. The molecule has 1 aromatic rings. The molecule has 0 aliphatic rings. The molecule has 0 heterocycles. The topological polar surface area (TPSA) is 73.6 Å². The number of hydrogen-bond acceptors (Lipinski definition) is 5. The van der Waals surface area contributed by atoms with Crippen LogP contribution >= 0.6 is 0 Å². The van der Waals surface area contributed by atoms with E-state index in [1.165, 1.54) is 19.2 Å². The zero-order valence-corrected chi connectivity index (χ0v) is 11.5. The summed E-state index contributed by atoms with van der Waals surface area (Å²) in [6.07, 6.45) is 0.859. The predicted octanol–water partition coefficient (Wildman–Crippen LogP) is 2.37. The van der Waals surface area contributed by atoms with Gasteiger partial charge in [0.25, 0.3) is 5.69 Å². The standard InChI is InChI=1S/C13H20N2O4/c1-10(2)14-7-4-8-19-12-6-5-11(15(16)17)9-13(12)18-3/h5-6,9-10,14H,4,7-8H2,1-3H3. The average Bonchev–Trinajstić information content (AvgIpc) is 2.37. The summed E-state index contributed by atoms with van der Waals surface area (Å²) < 4.78 is 10.6. The summed E-state index contributed by atoms with van der Waals surface area (Å²) in [5.41, 5.74) is -0.00863. The van der Waals surface area contributed by atoms with Gasteiger partial charge in [-0.2, -0.15) is 0 Å². The van der Waals surface area contributed by atoms with Gasteiger partial charge in [0.1, 0.15) is 0 Å². The third-order valence-electron chi connectivity index (χ3n) is 2.49. The molecule has 0 bridgehead atoms. The van der Waals surface area contributed by atoms with Crippen LogP contribution in [0, 0.1) is 10.1 Å². The monoisotopic (exact) mass is 268 g/mol. The molecule has 6 heteroatoms. The SMILES string of the molecule is COc1cc([N+](=O)[O-])ccc1OCCCNC(C)C. The number of methoxy groups -OCH3 is 1. The number of rotatable bonds is 8. The molecule has 1 aromatic carbocycles. The quantitative estimate of drug-likeness (QED) is 0.445. The number of nitro groups is 1. The molecule has 0 spiro atoms. The minimum absolute atomic E-state index is 0.00863. The van der Waals surface area contributed by atoms with Gasteiger partial charge >= 0.3 is 0 Å². The van der Waals surface area contributed by atoms with Gasteiger partial charge < -0.3 is 14.8 Å². The minimum atomic E-state index is -0.459. The van der Waals surface area contributed by atoms with Gasteiger partial charge in [0.05, 0.1) is 24.7 Å². The number of hydrogen-bond donors (Lipinski definition) is 1. The Hall–Kier alpha value is -1.82. The average molecular weight is 268 g/mol. The van der Waals surface area contributed by atoms with Crippen molar-refractivity contribution in [3.05, 3.63) is 28.3 Å². The van der Waals surface area contributed by atoms with Crippen LogP contribution in [0.4, 0.5) is 5.69 Å². The lowest BCUT2D eigenvalue weighted by molar-refractivity contribution is -0.384. The number of ether oxygens (including phenoxy) is 2. The van der Waals surface area contributed by atoms with Crippen molar-refractivity contribution < 1.29 is 14.4 Å². The van der Waals surface area contributed by atoms with Crippen molar-refractivity contribution in [3.63, 3.8) is 0 Å². The van der Waals surface area contributed by atoms with E-state index in [0.29, 0.717) is 24.1 Å². The van der Waals surface area contributed by atoms with Crippen molar-refractivity contribution in [2.24, 2.45) is 0 Å². The smallest absolute Gasteiger partial charge is 0.273 e. The van der Waals surface area contributed by atoms with Crippen molar-refractivity contribution in [1.82, 2.24) is 5.32 Å². The van der Waals surface area contributed by atoms with Gasteiger partial charge in [-0.15, -0.1) is 0 Å². The third kappa shape index (κ3) is 5.13. The molecule has 0 amide bonds. The Morgan fingerprint density at radius 3 is 2.68 bits per heavy atom. The summed E-state index contributed by atoms with van der Waals surface area (Å²) in [6.45, 7) is 5.57. The minimum Gasteiger partial charge on any atom is -0.493 e. The molecule has 1 N–H and O–H groups in total. The van der Waals surface area contributed by atoms with Crippen LogP contribution in [0.25, 0.3) is 0 Å². The molecule has 0 atom stereocenters. The van der Waals surface area contributed by atoms with E-state index in [-0.39, 0.29) is 5.69 Å². The Labute approximate surface area is 112 Å². The number of benzene rings is 1. The van der Waals surface area contributed by atoms with E-state index < -0.39 is 4.92 Å². The second-order valence-electron chi connectivity index (χ2n) is 4.40. The van der Waals surface area contributed by atoms with Crippen LogP contribution in [0.5, 0.6) is 11.5 Å². The second kappa shape index (κ2) is 7.58. The Kier molecular flexibility index (Phi) is 6.08. The first kappa shape index (κ1) is 15.2. The highest BCUT2D eigenvalue weighted by atomic mass is 16.6. The van der Waals surface area contributed by atoms with Crippen LogP contribution in [0.3, 0.4) is 0 Å². The summed E-state index contributed by atoms with van der Waals surface area (Å²) in [5, 5.41) is 13.9. The van der Waals surface area contributed by atoms with Crippen LogP contribution in [0.15, 0.2) is 18.2 Å². The number of non-ortho nitro benzene ring substituents is 1. The molecule has 0 fully saturated rings. The van der Waals surface area contributed by atoms with E-state index in [2.05, 4.69) is 19.2 Å². The van der Waals surface area contributed by atoms with Crippen molar-refractivity contribution in [1.29, 1.82) is 0 Å². The summed E-state index contributed by atoms with van der Waals surface area (Å²) in [6, 6.07) is 4.78. The van der Waals surface area contributed by atoms with E-state index >= 15 is 0 Å². The molecule has 6 nitrogen and oxygen atoms in total. The summed E-state index contributed by atoms with van der Waals surface area (Å²) >= 11 is 0. The first-order chi connectivity index (χ1) is 9.04. The van der Waals surface area contributed by atoms with Crippen molar-refractivity contribution in [2.45, 2.75) is 26.3 Å². The Bertz CT molecular complexity index is 421. The van der Waals surface area contributed by atoms with Crippen LogP contribution < -0.4 is 14.8 Å². The first-order valence-corrected chi connectivity index (χ1v) is 6.23. The van der Waals surface area contributed by atoms with E-state index in [1.807, 2.05) is 0 Å². The van der Waals surface area contributed by atoms with Crippen LogP contribution in [-0.4, -0.2) is 31.2 Å². The summed E-state index contributed by atoms with van der Waals surface area (Å²) in [4.78, 5) is 10.2. The lowest BCUT2D eigenvalue weighted by atomic mass is 10.3. The van der Waals surface area contributed by atoms with Crippen LogP contribution in [0.1, 0.15) is 20.3 Å². The lowest BCUT2D eigenvalue weighted by Gasteiger charge is -2.11. The lowest BCUT2D eigenvalue weighted by Crippen LogP contribution is -2.24. The third-order valence-corrected chi connectivity index (χ3v) is 2.49. The molecule has 0 aromatic heterocycles. The maximum atomic E-state index is 10.6. The zero-order valence-electron chi connectivity index (χ0n) is 11.5. The summed E-state index contributed by atoms with van der Waals surface area (Å²) in [7, 11) is 1.46. The van der Waals surface area contributed by atoms with Gasteiger partial charge in [-0.05, 0) is 19.0 Å². The molecule has 0 saturated heterocycles.